The fraction of sp³-hybridized carbons (Fsp3) is 0.417. The third-order valence-electron chi connectivity index (χ3n) is 2.52. The number of benzene rings is 1. The standard InChI is InChI=1S/C12H17NO4/c1-7-3-4-10(17-2)8(5-7)12(16)9(13)6-11(14)15/h3-5,9,12,16H,6,13H2,1-2H3,(H,14,15). The summed E-state index contributed by atoms with van der Waals surface area (Å²) >= 11 is 0. The van der Waals surface area contributed by atoms with E-state index in [2.05, 4.69) is 0 Å². The van der Waals surface area contributed by atoms with Crippen molar-refractivity contribution >= 4 is 5.97 Å². The Hall–Kier alpha value is -1.59. The third-order valence-corrected chi connectivity index (χ3v) is 2.52. The highest BCUT2D eigenvalue weighted by Gasteiger charge is 2.22. The second kappa shape index (κ2) is 5.65. The van der Waals surface area contributed by atoms with E-state index in [4.69, 9.17) is 15.6 Å². The minimum Gasteiger partial charge on any atom is -0.496 e. The van der Waals surface area contributed by atoms with Crippen LogP contribution in [-0.4, -0.2) is 29.3 Å². The lowest BCUT2D eigenvalue weighted by atomic mass is 9.98. The third kappa shape index (κ3) is 3.44. The number of methoxy groups -OCH3 is 1. The van der Waals surface area contributed by atoms with Crippen LogP contribution in [-0.2, 0) is 4.79 Å². The summed E-state index contributed by atoms with van der Waals surface area (Å²) in [4.78, 5) is 10.5. The first-order valence-corrected chi connectivity index (χ1v) is 5.25. The largest absolute Gasteiger partial charge is 0.496 e. The van der Waals surface area contributed by atoms with Gasteiger partial charge in [-0.1, -0.05) is 11.6 Å². The van der Waals surface area contributed by atoms with E-state index < -0.39 is 18.1 Å². The quantitative estimate of drug-likeness (QED) is 0.708. The van der Waals surface area contributed by atoms with Crippen LogP contribution >= 0.6 is 0 Å². The van der Waals surface area contributed by atoms with Crippen molar-refractivity contribution in [1.29, 1.82) is 0 Å². The molecule has 0 aromatic heterocycles. The predicted octanol–water partition coefficient (Wildman–Crippen LogP) is 0.839. The van der Waals surface area contributed by atoms with Crippen molar-refractivity contribution in [2.75, 3.05) is 7.11 Å². The lowest BCUT2D eigenvalue weighted by Crippen LogP contribution is -2.31. The van der Waals surface area contributed by atoms with Crippen LogP contribution in [0.2, 0.25) is 0 Å². The monoisotopic (exact) mass is 239 g/mol. The summed E-state index contributed by atoms with van der Waals surface area (Å²) < 4.78 is 5.11. The lowest BCUT2D eigenvalue weighted by molar-refractivity contribution is -0.138. The Morgan fingerprint density at radius 2 is 2.18 bits per heavy atom. The summed E-state index contributed by atoms with van der Waals surface area (Å²) in [6.07, 6.45) is -1.35. The summed E-state index contributed by atoms with van der Waals surface area (Å²) in [5, 5.41) is 18.6. The van der Waals surface area contributed by atoms with Gasteiger partial charge in [-0.2, -0.15) is 0 Å². The second-order valence-corrected chi connectivity index (χ2v) is 3.95. The molecule has 2 unspecified atom stereocenters. The zero-order valence-electron chi connectivity index (χ0n) is 9.88. The average Bonchev–Trinajstić information content (AvgIpc) is 2.27. The van der Waals surface area contributed by atoms with Gasteiger partial charge in [0.2, 0.25) is 0 Å². The molecule has 0 aliphatic carbocycles. The van der Waals surface area contributed by atoms with Gasteiger partial charge in [0.1, 0.15) is 5.75 Å². The van der Waals surface area contributed by atoms with Crippen molar-refractivity contribution < 1.29 is 19.7 Å². The van der Waals surface area contributed by atoms with E-state index in [0.717, 1.165) is 5.56 Å². The van der Waals surface area contributed by atoms with Crippen molar-refractivity contribution in [3.8, 4) is 5.75 Å². The maximum absolute atomic E-state index is 10.5. The number of carbonyl (C=O) groups is 1. The van der Waals surface area contributed by atoms with E-state index >= 15 is 0 Å². The Bertz CT molecular complexity index is 405. The molecule has 0 radical (unpaired) electrons. The molecule has 4 N–H and O–H groups in total. The van der Waals surface area contributed by atoms with Crippen LogP contribution in [0, 0.1) is 6.92 Å². The van der Waals surface area contributed by atoms with Crippen molar-refractivity contribution in [2.24, 2.45) is 5.73 Å². The van der Waals surface area contributed by atoms with Gasteiger partial charge in [-0.25, -0.2) is 0 Å². The fourth-order valence-electron chi connectivity index (χ4n) is 1.63. The molecule has 94 valence electrons. The van der Waals surface area contributed by atoms with Crippen LogP contribution < -0.4 is 10.5 Å². The number of aliphatic hydroxyl groups is 1. The lowest BCUT2D eigenvalue weighted by Gasteiger charge is -2.20. The molecule has 17 heavy (non-hydrogen) atoms. The van der Waals surface area contributed by atoms with Gasteiger partial charge < -0.3 is 20.7 Å². The van der Waals surface area contributed by atoms with Crippen LogP contribution in [0.3, 0.4) is 0 Å². The van der Waals surface area contributed by atoms with Crippen LogP contribution in [0.25, 0.3) is 0 Å². The minimum atomic E-state index is -1.05. The topological polar surface area (TPSA) is 92.8 Å². The molecule has 0 saturated heterocycles. The molecule has 0 heterocycles. The number of aliphatic hydroxyl groups excluding tert-OH is 1. The Morgan fingerprint density at radius 1 is 1.53 bits per heavy atom. The molecule has 2 atom stereocenters. The molecule has 0 saturated carbocycles. The van der Waals surface area contributed by atoms with Crippen LogP contribution in [0.5, 0.6) is 5.75 Å². The van der Waals surface area contributed by atoms with Crippen molar-refractivity contribution in [3.63, 3.8) is 0 Å². The first-order chi connectivity index (χ1) is 7.95. The number of ether oxygens (including phenoxy) is 1. The van der Waals surface area contributed by atoms with Crippen LogP contribution in [0.1, 0.15) is 23.7 Å². The molecule has 5 heteroatoms. The fourth-order valence-corrected chi connectivity index (χ4v) is 1.63. The maximum atomic E-state index is 10.5. The summed E-state index contributed by atoms with van der Waals surface area (Å²) in [7, 11) is 1.49. The van der Waals surface area contributed by atoms with Gasteiger partial charge in [0.25, 0.3) is 0 Å². The smallest absolute Gasteiger partial charge is 0.305 e. The van der Waals surface area contributed by atoms with E-state index in [9.17, 15) is 9.90 Å². The van der Waals surface area contributed by atoms with Crippen molar-refractivity contribution in [1.82, 2.24) is 0 Å². The second-order valence-electron chi connectivity index (χ2n) is 3.95. The normalized spacial score (nSPS) is 14.1. The highest BCUT2D eigenvalue weighted by molar-refractivity contribution is 5.67. The minimum absolute atomic E-state index is 0.293. The van der Waals surface area contributed by atoms with Gasteiger partial charge in [0.15, 0.2) is 0 Å². The number of nitrogens with two attached hydrogens (primary N) is 1. The number of aryl methyl sites for hydroxylation is 1. The van der Waals surface area contributed by atoms with Gasteiger partial charge in [-0.3, -0.25) is 4.79 Å². The molecule has 5 nitrogen and oxygen atoms in total. The highest BCUT2D eigenvalue weighted by Crippen LogP contribution is 2.28. The first kappa shape index (κ1) is 13.5. The number of aliphatic carboxylic acids is 1. The highest BCUT2D eigenvalue weighted by atomic mass is 16.5. The zero-order chi connectivity index (χ0) is 13.0. The van der Waals surface area contributed by atoms with Gasteiger partial charge >= 0.3 is 5.97 Å². The molecule has 0 amide bonds. The maximum Gasteiger partial charge on any atom is 0.305 e. The van der Waals surface area contributed by atoms with Gasteiger partial charge in [-0.05, 0) is 19.1 Å². The van der Waals surface area contributed by atoms with Crippen LogP contribution in [0.4, 0.5) is 0 Å². The summed E-state index contributed by atoms with van der Waals surface area (Å²) in [5.74, 6) is -0.535. The van der Waals surface area contributed by atoms with E-state index in [1.165, 1.54) is 7.11 Å². The molecule has 0 fully saturated rings. The van der Waals surface area contributed by atoms with Crippen molar-refractivity contribution in [3.05, 3.63) is 29.3 Å². The van der Waals surface area contributed by atoms with Gasteiger partial charge in [-0.15, -0.1) is 0 Å². The molecule has 0 aliphatic heterocycles. The summed E-state index contributed by atoms with van der Waals surface area (Å²) in [6, 6.07) is 4.45. The molecule has 0 bridgehead atoms. The number of carboxylic acid groups (broad SMARTS) is 1. The van der Waals surface area contributed by atoms with Crippen molar-refractivity contribution in [2.45, 2.75) is 25.5 Å². The predicted molar refractivity (Wildman–Crippen MR) is 62.9 cm³/mol. The molecular weight excluding hydrogens is 222 g/mol. The van der Waals surface area contributed by atoms with E-state index in [1.54, 1.807) is 12.1 Å². The Kier molecular flexibility index (Phi) is 4.48. The molecular formula is C12H17NO4. The van der Waals surface area contributed by atoms with E-state index in [-0.39, 0.29) is 6.42 Å². The number of carboxylic acids is 1. The zero-order valence-corrected chi connectivity index (χ0v) is 9.88. The number of hydrogen-bond donors (Lipinski definition) is 3. The number of rotatable bonds is 5. The Labute approximate surface area is 99.8 Å². The van der Waals surface area contributed by atoms with Crippen LogP contribution in [0.15, 0.2) is 18.2 Å². The van der Waals surface area contributed by atoms with Gasteiger partial charge in [0.05, 0.1) is 19.6 Å². The molecule has 1 aromatic carbocycles. The summed E-state index contributed by atoms with van der Waals surface area (Å²) in [6.45, 7) is 1.87. The number of hydrogen-bond acceptors (Lipinski definition) is 4. The summed E-state index contributed by atoms with van der Waals surface area (Å²) in [5.41, 5.74) is 7.10. The molecule has 1 rings (SSSR count). The van der Waals surface area contributed by atoms with E-state index in [0.29, 0.717) is 11.3 Å². The average molecular weight is 239 g/mol. The Morgan fingerprint density at radius 3 is 2.71 bits per heavy atom. The SMILES string of the molecule is COc1ccc(C)cc1C(O)C(N)CC(=O)O. The Balaban J connectivity index is 2.97. The van der Waals surface area contributed by atoms with Gasteiger partial charge in [0, 0.05) is 11.6 Å². The van der Waals surface area contributed by atoms with E-state index in [1.807, 2.05) is 13.0 Å². The molecule has 0 spiro atoms. The first-order valence-electron chi connectivity index (χ1n) is 5.25. The molecule has 1 aromatic rings. The molecule has 0 aliphatic rings.